The van der Waals surface area contributed by atoms with Crippen molar-refractivity contribution in [2.75, 3.05) is 6.61 Å². The number of amides is 2. The van der Waals surface area contributed by atoms with Gasteiger partial charge < -0.3 is 14.8 Å². The monoisotopic (exact) mass is 585 g/mol. The number of rotatable bonds is 12. The van der Waals surface area contributed by atoms with Gasteiger partial charge in [-0.1, -0.05) is 59.9 Å². The molecular weight excluding hydrogens is 557 g/mol. The highest BCUT2D eigenvalue weighted by atomic mass is 79.9. The molecule has 190 valence electrons. The summed E-state index contributed by atoms with van der Waals surface area (Å²) in [6.07, 6.45) is 1.91. The number of halogens is 3. The minimum atomic E-state index is -0.889. The molecule has 2 amide bonds. The molecule has 7 nitrogen and oxygen atoms in total. The molecule has 0 unspecified atom stereocenters. The van der Waals surface area contributed by atoms with Crippen molar-refractivity contribution in [3.8, 4) is 11.5 Å². The van der Waals surface area contributed by atoms with Gasteiger partial charge in [0.1, 0.15) is 17.5 Å². The zero-order valence-corrected chi connectivity index (χ0v) is 23.2. The standard InChI is InChI=1S/C25H30BrCl2N3O4/c1-5-10-34-22-8-6-18(26)12-17(22)14-29-31-25(33)21(11-15(2)3)30-24(32)16(4)35-23-9-7-19(27)13-20(23)28/h6-9,12-16,21H,5,10-11H2,1-4H3,(H,30,32)(H,31,33)/b29-14-/t16-,21-/m0/s1. The van der Waals surface area contributed by atoms with E-state index in [-0.39, 0.29) is 10.9 Å². The van der Waals surface area contributed by atoms with E-state index in [0.717, 1.165) is 10.9 Å². The van der Waals surface area contributed by atoms with Crippen LogP contribution in [0.3, 0.4) is 0 Å². The molecule has 0 aliphatic carbocycles. The zero-order valence-electron chi connectivity index (χ0n) is 20.1. The highest BCUT2D eigenvalue weighted by Crippen LogP contribution is 2.28. The third kappa shape index (κ3) is 9.70. The number of carbonyl (C=O) groups is 2. The van der Waals surface area contributed by atoms with Crippen molar-refractivity contribution in [1.82, 2.24) is 10.7 Å². The van der Waals surface area contributed by atoms with Crippen LogP contribution < -0.4 is 20.2 Å². The van der Waals surface area contributed by atoms with E-state index in [2.05, 4.69) is 31.8 Å². The Labute approximate surface area is 224 Å². The third-order valence-corrected chi connectivity index (χ3v) is 5.74. The fourth-order valence-electron chi connectivity index (χ4n) is 3.01. The first-order valence-corrected chi connectivity index (χ1v) is 12.8. The summed E-state index contributed by atoms with van der Waals surface area (Å²) >= 11 is 15.5. The van der Waals surface area contributed by atoms with Gasteiger partial charge in [0.25, 0.3) is 11.8 Å². The molecule has 10 heteroatoms. The quantitative estimate of drug-likeness (QED) is 0.236. The number of benzene rings is 2. The summed E-state index contributed by atoms with van der Waals surface area (Å²) in [6, 6.07) is 9.47. The van der Waals surface area contributed by atoms with Gasteiger partial charge in [0.2, 0.25) is 0 Å². The summed E-state index contributed by atoms with van der Waals surface area (Å²) < 4.78 is 12.2. The lowest BCUT2D eigenvalue weighted by Crippen LogP contribution is -2.49. The molecule has 0 saturated carbocycles. The Bertz CT molecular complexity index is 1050. The summed E-state index contributed by atoms with van der Waals surface area (Å²) in [7, 11) is 0. The van der Waals surface area contributed by atoms with Crippen molar-refractivity contribution < 1.29 is 19.1 Å². The van der Waals surface area contributed by atoms with Crippen LogP contribution in [0.2, 0.25) is 10.0 Å². The average Bonchev–Trinajstić information content (AvgIpc) is 2.79. The first-order chi connectivity index (χ1) is 16.6. The minimum absolute atomic E-state index is 0.149. The lowest BCUT2D eigenvalue weighted by atomic mass is 10.0. The molecule has 0 aliphatic rings. The van der Waals surface area contributed by atoms with E-state index in [1.165, 1.54) is 12.3 Å². The van der Waals surface area contributed by atoms with Crippen molar-refractivity contribution in [2.24, 2.45) is 11.0 Å². The zero-order chi connectivity index (χ0) is 26.0. The van der Waals surface area contributed by atoms with Gasteiger partial charge >= 0.3 is 0 Å². The minimum Gasteiger partial charge on any atom is -0.493 e. The van der Waals surface area contributed by atoms with E-state index in [1.54, 1.807) is 19.1 Å². The van der Waals surface area contributed by atoms with Crippen LogP contribution in [0.4, 0.5) is 0 Å². The number of carbonyl (C=O) groups excluding carboxylic acids is 2. The number of nitrogens with one attached hydrogen (secondary N) is 2. The first kappa shape index (κ1) is 28.9. The highest BCUT2D eigenvalue weighted by Gasteiger charge is 2.25. The fourth-order valence-corrected chi connectivity index (χ4v) is 3.85. The van der Waals surface area contributed by atoms with Gasteiger partial charge in [-0.25, -0.2) is 5.43 Å². The molecule has 2 aromatic rings. The van der Waals surface area contributed by atoms with Crippen LogP contribution in [0.1, 0.15) is 46.1 Å². The largest absolute Gasteiger partial charge is 0.493 e. The second-order valence-corrected chi connectivity index (χ2v) is 10.0. The van der Waals surface area contributed by atoms with Crippen LogP contribution in [0.15, 0.2) is 46.0 Å². The predicted molar refractivity (Wildman–Crippen MR) is 144 cm³/mol. The number of hydrogen-bond acceptors (Lipinski definition) is 5. The molecule has 0 heterocycles. The molecule has 0 bridgehead atoms. The van der Waals surface area contributed by atoms with Crippen LogP contribution in [0.5, 0.6) is 11.5 Å². The highest BCUT2D eigenvalue weighted by molar-refractivity contribution is 9.10. The summed E-state index contributed by atoms with van der Waals surface area (Å²) in [5.41, 5.74) is 3.22. The fraction of sp³-hybridized carbons (Fsp3) is 0.400. The molecule has 0 radical (unpaired) electrons. The Morgan fingerprint density at radius 1 is 1.09 bits per heavy atom. The lowest BCUT2D eigenvalue weighted by Gasteiger charge is -2.22. The summed E-state index contributed by atoms with van der Waals surface area (Å²) in [4.78, 5) is 25.6. The van der Waals surface area contributed by atoms with Gasteiger partial charge in [-0.15, -0.1) is 0 Å². The first-order valence-electron chi connectivity index (χ1n) is 11.3. The Balaban J connectivity index is 2.05. The van der Waals surface area contributed by atoms with E-state index in [0.29, 0.717) is 35.1 Å². The van der Waals surface area contributed by atoms with Crippen molar-refractivity contribution in [3.63, 3.8) is 0 Å². The molecule has 0 spiro atoms. The topological polar surface area (TPSA) is 89.0 Å². The molecule has 0 saturated heterocycles. The lowest BCUT2D eigenvalue weighted by molar-refractivity contribution is -0.132. The van der Waals surface area contributed by atoms with E-state index in [9.17, 15) is 9.59 Å². The van der Waals surface area contributed by atoms with Crippen LogP contribution in [-0.4, -0.2) is 36.8 Å². The van der Waals surface area contributed by atoms with E-state index in [1.807, 2.05) is 39.0 Å². The Hall–Kier alpha value is -2.29. The number of hydrazone groups is 1. The molecule has 0 fully saturated rings. The Morgan fingerprint density at radius 2 is 1.80 bits per heavy atom. The number of nitrogens with zero attached hydrogens (tertiary/aromatic N) is 1. The van der Waals surface area contributed by atoms with Crippen LogP contribution in [-0.2, 0) is 9.59 Å². The molecule has 35 heavy (non-hydrogen) atoms. The van der Waals surface area contributed by atoms with Crippen LogP contribution in [0.25, 0.3) is 0 Å². The van der Waals surface area contributed by atoms with Gasteiger partial charge in [0.15, 0.2) is 6.10 Å². The van der Waals surface area contributed by atoms with Crippen molar-refractivity contribution in [3.05, 3.63) is 56.5 Å². The van der Waals surface area contributed by atoms with Crippen LogP contribution in [0, 0.1) is 5.92 Å². The molecule has 2 atom stereocenters. The molecule has 0 aromatic heterocycles. The maximum atomic E-state index is 12.8. The smallest absolute Gasteiger partial charge is 0.262 e. The van der Waals surface area contributed by atoms with Gasteiger partial charge in [-0.3, -0.25) is 9.59 Å². The van der Waals surface area contributed by atoms with Crippen molar-refractivity contribution in [1.29, 1.82) is 0 Å². The van der Waals surface area contributed by atoms with Gasteiger partial charge in [0, 0.05) is 15.1 Å². The third-order valence-electron chi connectivity index (χ3n) is 4.72. The van der Waals surface area contributed by atoms with Crippen molar-refractivity contribution in [2.45, 2.75) is 52.7 Å². The average molecular weight is 587 g/mol. The van der Waals surface area contributed by atoms with E-state index < -0.39 is 24.0 Å². The van der Waals surface area contributed by atoms with Gasteiger partial charge in [-0.05, 0) is 62.1 Å². The molecule has 2 rings (SSSR count). The number of hydrogen-bond donors (Lipinski definition) is 2. The van der Waals surface area contributed by atoms with E-state index in [4.69, 9.17) is 32.7 Å². The Kier molecular flexibility index (Phi) is 11.8. The van der Waals surface area contributed by atoms with Crippen LogP contribution >= 0.6 is 39.1 Å². The molecule has 2 N–H and O–H groups in total. The van der Waals surface area contributed by atoms with Gasteiger partial charge in [-0.2, -0.15) is 5.10 Å². The van der Waals surface area contributed by atoms with Crippen molar-refractivity contribution >= 4 is 57.2 Å². The maximum Gasteiger partial charge on any atom is 0.262 e. The second-order valence-electron chi connectivity index (χ2n) is 8.29. The van der Waals surface area contributed by atoms with E-state index >= 15 is 0 Å². The predicted octanol–water partition coefficient (Wildman–Crippen LogP) is 5.99. The summed E-state index contributed by atoms with van der Waals surface area (Å²) in [5.74, 6) is 0.236. The number of ether oxygens (including phenoxy) is 2. The maximum absolute atomic E-state index is 12.8. The molecule has 2 aromatic carbocycles. The normalized spacial score (nSPS) is 12.9. The summed E-state index contributed by atoms with van der Waals surface area (Å²) in [5, 5.41) is 7.57. The summed E-state index contributed by atoms with van der Waals surface area (Å²) in [6.45, 7) is 8.09. The molecule has 0 aliphatic heterocycles. The second kappa shape index (κ2) is 14.3. The van der Waals surface area contributed by atoms with Gasteiger partial charge in [0.05, 0.1) is 17.8 Å². The Morgan fingerprint density at radius 3 is 2.46 bits per heavy atom. The molecular formula is C25H30BrCl2N3O4. The SMILES string of the molecule is CCCOc1ccc(Br)cc1/C=N\NC(=O)[C@H](CC(C)C)NC(=O)[C@H](C)Oc1ccc(Cl)cc1Cl.